The summed E-state index contributed by atoms with van der Waals surface area (Å²) in [5, 5.41) is 4.13. The number of halogens is 4. The molecule has 6 rings (SSSR count). The predicted molar refractivity (Wildman–Crippen MR) is 127 cm³/mol. The maximum absolute atomic E-state index is 15.1. The zero-order valence-corrected chi connectivity index (χ0v) is 20.6. The highest BCUT2D eigenvalue weighted by Gasteiger charge is 2.52. The summed E-state index contributed by atoms with van der Waals surface area (Å²) >= 11 is 6.25. The topological polar surface area (TPSA) is 77.7 Å². The van der Waals surface area contributed by atoms with Crippen molar-refractivity contribution in [3.8, 4) is 11.3 Å². The van der Waals surface area contributed by atoms with E-state index in [1.807, 2.05) is 4.90 Å². The van der Waals surface area contributed by atoms with Gasteiger partial charge < -0.3 is 18.9 Å². The van der Waals surface area contributed by atoms with Gasteiger partial charge in [-0.3, -0.25) is 0 Å². The maximum Gasteiger partial charge on any atom is 0.339 e. The zero-order chi connectivity index (χ0) is 25.9. The molecule has 0 unspecified atom stereocenters. The largest absolute Gasteiger partial charge is 0.465 e. The van der Waals surface area contributed by atoms with Crippen molar-refractivity contribution < 1.29 is 32.0 Å². The third-order valence-corrected chi connectivity index (χ3v) is 7.83. The minimum Gasteiger partial charge on any atom is -0.465 e. The number of methoxy groups -OCH3 is 1. The molecule has 2 bridgehead atoms. The van der Waals surface area contributed by atoms with Crippen molar-refractivity contribution in [1.82, 2.24) is 10.1 Å². The van der Waals surface area contributed by atoms with Gasteiger partial charge in [-0.05, 0) is 43.9 Å². The monoisotopic (exact) mass is 533 g/mol. The van der Waals surface area contributed by atoms with E-state index in [2.05, 4.69) is 14.9 Å². The van der Waals surface area contributed by atoms with E-state index in [0.717, 1.165) is 12.5 Å². The van der Waals surface area contributed by atoms with Crippen LogP contribution in [0.4, 0.5) is 19.0 Å². The molecule has 1 aliphatic heterocycles. The number of pyridine rings is 1. The van der Waals surface area contributed by atoms with Gasteiger partial charge in [0.15, 0.2) is 23.1 Å². The number of fused-ring (bicyclic) bond motifs is 2. The second-order valence-corrected chi connectivity index (χ2v) is 10.2. The van der Waals surface area contributed by atoms with Gasteiger partial charge in [-0.25, -0.2) is 22.9 Å². The number of benzene rings is 1. The van der Waals surface area contributed by atoms with Crippen molar-refractivity contribution in [3.63, 3.8) is 0 Å². The number of esters is 1. The molecule has 37 heavy (non-hydrogen) atoms. The number of anilines is 1. The lowest BCUT2D eigenvalue weighted by atomic mass is 10.0. The van der Waals surface area contributed by atoms with E-state index in [4.69, 9.17) is 20.9 Å². The first-order valence-electron chi connectivity index (χ1n) is 12.0. The number of carbonyl (C=O) groups is 1. The third kappa shape index (κ3) is 4.16. The second kappa shape index (κ2) is 9.02. The number of rotatable bonds is 7. The van der Waals surface area contributed by atoms with Gasteiger partial charge in [0.05, 0.1) is 41.5 Å². The molecular weight excluding hydrogens is 511 g/mol. The molecule has 7 nitrogen and oxygen atoms in total. The van der Waals surface area contributed by atoms with Crippen molar-refractivity contribution in [3.05, 3.63) is 64.0 Å². The van der Waals surface area contributed by atoms with Crippen molar-refractivity contribution in [2.45, 2.75) is 50.1 Å². The van der Waals surface area contributed by atoms with E-state index in [9.17, 15) is 13.6 Å². The average molecular weight is 534 g/mol. The molecular formula is C26H23ClF3N3O4. The molecule has 0 N–H and O–H groups in total. The summed E-state index contributed by atoms with van der Waals surface area (Å²) in [6.45, 7) is 0.505. The fourth-order valence-electron chi connectivity index (χ4n) is 5.48. The van der Waals surface area contributed by atoms with Gasteiger partial charge in [-0.2, -0.15) is 0 Å². The molecule has 3 aliphatic rings. The molecule has 1 aromatic carbocycles. The number of carbonyl (C=O) groups excluding carboxylic acids is 1. The minimum absolute atomic E-state index is 0.000598. The molecule has 3 heterocycles. The predicted octanol–water partition coefficient (Wildman–Crippen LogP) is 5.60. The molecule has 3 fully saturated rings. The minimum atomic E-state index is -1.63. The number of nitrogens with zero attached hydrogens (tertiary/aromatic N) is 3. The Balaban J connectivity index is 1.19. The average Bonchev–Trinajstić information content (AvgIpc) is 3.22. The van der Waals surface area contributed by atoms with E-state index in [0.29, 0.717) is 31.4 Å². The van der Waals surface area contributed by atoms with Crippen molar-refractivity contribution >= 4 is 23.4 Å². The molecule has 11 heteroatoms. The van der Waals surface area contributed by atoms with Crippen molar-refractivity contribution in [2.75, 3.05) is 18.6 Å². The van der Waals surface area contributed by atoms with E-state index in [1.54, 1.807) is 0 Å². The summed E-state index contributed by atoms with van der Waals surface area (Å²) < 4.78 is 60.7. The highest BCUT2D eigenvalue weighted by molar-refractivity contribution is 6.33. The summed E-state index contributed by atoms with van der Waals surface area (Å²) in [4.78, 5) is 17.7. The SMILES string of the molecule is COC(=O)c1cnc(N2C[C@@H]3C[C@H]2C[C@H]3OCc2c(-c3c(F)cccc3Cl)noc2C2(F)CC2)c(F)c1. The maximum atomic E-state index is 15.1. The molecule has 2 aliphatic carbocycles. The molecule has 0 radical (unpaired) electrons. The Morgan fingerprint density at radius 2 is 2.08 bits per heavy atom. The van der Waals surface area contributed by atoms with Crippen molar-refractivity contribution in [1.29, 1.82) is 0 Å². The van der Waals surface area contributed by atoms with Gasteiger partial charge in [-0.15, -0.1) is 0 Å². The number of hydrogen-bond acceptors (Lipinski definition) is 7. The second-order valence-electron chi connectivity index (χ2n) is 9.81. The quantitative estimate of drug-likeness (QED) is 0.366. The lowest BCUT2D eigenvalue weighted by Gasteiger charge is -2.32. The van der Waals surface area contributed by atoms with E-state index in [-0.39, 0.29) is 58.1 Å². The number of ether oxygens (including phenoxy) is 2. The first-order chi connectivity index (χ1) is 17.8. The highest BCUT2D eigenvalue weighted by atomic mass is 35.5. The molecule has 194 valence electrons. The van der Waals surface area contributed by atoms with Crippen LogP contribution in [0.3, 0.4) is 0 Å². The van der Waals surface area contributed by atoms with Crippen molar-refractivity contribution in [2.24, 2.45) is 5.92 Å². The molecule has 2 saturated carbocycles. The Morgan fingerprint density at radius 3 is 2.73 bits per heavy atom. The lowest BCUT2D eigenvalue weighted by Crippen LogP contribution is -2.39. The smallest absolute Gasteiger partial charge is 0.339 e. The van der Waals surface area contributed by atoms with Gasteiger partial charge in [0.2, 0.25) is 0 Å². The van der Waals surface area contributed by atoms with Gasteiger partial charge in [0.25, 0.3) is 0 Å². The Hall–Kier alpha value is -3.11. The Bertz CT molecular complexity index is 1360. The van der Waals surface area contributed by atoms with E-state index >= 15 is 4.39 Å². The standard InChI is InChI=1S/C26H23ClF3N3O4/c1-35-25(34)13-8-19(29)24(31-10-13)33-11-14-7-15(33)9-20(14)36-12-16-22(21-17(27)3-2-4-18(21)28)32-37-23(16)26(30)5-6-26/h2-4,8,10,14-15,20H,5-7,9,11-12H2,1H3/t14-,15-,20+/m0/s1. The highest BCUT2D eigenvalue weighted by Crippen LogP contribution is 2.53. The molecule has 3 aromatic rings. The molecule has 2 aromatic heterocycles. The fraction of sp³-hybridized carbons (Fsp3) is 0.423. The number of aromatic nitrogens is 2. The van der Waals surface area contributed by atoms with Crippen LogP contribution in [-0.4, -0.2) is 41.9 Å². The van der Waals surface area contributed by atoms with Crippen LogP contribution in [0.25, 0.3) is 11.3 Å². The molecule has 3 atom stereocenters. The Morgan fingerprint density at radius 1 is 1.27 bits per heavy atom. The normalized spacial score (nSPS) is 23.5. The van der Waals surface area contributed by atoms with E-state index in [1.165, 1.54) is 31.5 Å². The van der Waals surface area contributed by atoms with Crippen LogP contribution in [-0.2, 0) is 21.7 Å². The van der Waals surface area contributed by atoms with Crippen LogP contribution >= 0.6 is 11.6 Å². The molecule has 0 spiro atoms. The Labute approximate surface area is 215 Å². The number of alkyl halides is 1. The molecule has 1 saturated heterocycles. The first-order valence-corrected chi connectivity index (χ1v) is 12.4. The first kappa shape index (κ1) is 24.2. The Kier molecular flexibility index (Phi) is 5.91. The summed E-state index contributed by atoms with van der Waals surface area (Å²) in [6, 6.07) is 5.41. The summed E-state index contributed by atoms with van der Waals surface area (Å²) in [5.74, 6) is -1.49. The number of piperidine rings is 1. The van der Waals surface area contributed by atoms with Gasteiger partial charge in [-0.1, -0.05) is 22.8 Å². The van der Waals surface area contributed by atoms with Crippen LogP contribution in [0.1, 0.15) is 47.4 Å². The lowest BCUT2D eigenvalue weighted by molar-refractivity contribution is 0.0113. The third-order valence-electron chi connectivity index (χ3n) is 7.52. The van der Waals surface area contributed by atoms with Crippen LogP contribution < -0.4 is 4.90 Å². The van der Waals surface area contributed by atoms with Crippen LogP contribution in [0.5, 0.6) is 0 Å². The van der Waals surface area contributed by atoms with E-state index < -0.39 is 23.3 Å². The van der Waals surface area contributed by atoms with Gasteiger partial charge in [0.1, 0.15) is 11.5 Å². The van der Waals surface area contributed by atoms with Crippen LogP contribution in [0.15, 0.2) is 35.0 Å². The molecule has 0 amide bonds. The van der Waals surface area contributed by atoms with Crippen LogP contribution in [0.2, 0.25) is 5.02 Å². The summed E-state index contributed by atoms with van der Waals surface area (Å²) in [6.07, 6.45) is 3.13. The van der Waals surface area contributed by atoms with Gasteiger partial charge in [0, 0.05) is 24.7 Å². The van der Waals surface area contributed by atoms with Gasteiger partial charge >= 0.3 is 5.97 Å². The van der Waals surface area contributed by atoms with Crippen LogP contribution in [0, 0.1) is 17.6 Å². The number of hydrogen-bond donors (Lipinski definition) is 0. The summed E-state index contributed by atoms with van der Waals surface area (Å²) in [5.41, 5.74) is -1.03. The fourth-order valence-corrected chi connectivity index (χ4v) is 5.74. The summed E-state index contributed by atoms with van der Waals surface area (Å²) in [7, 11) is 1.22. The zero-order valence-electron chi connectivity index (χ0n) is 19.8.